The molecule has 0 aliphatic rings. The molecule has 0 saturated carbocycles. The Labute approximate surface area is 105 Å². The van der Waals surface area contributed by atoms with Crippen LogP contribution in [0.2, 0.25) is 0 Å². The number of rotatable bonds is 5. The highest BCUT2D eigenvalue weighted by molar-refractivity contribution is 9.10. The van der Waals surface area contributed by atoms with Crippen LogP contribution < -0.4 is 5.32 Å². The van der Waals surface area contributed by atoms with Crippen LogP contribution in [0.4, 0.5) is 0 Å². The molecule has 0 bridgehead atoms. The van der Waals surface area contributed by atoms with Gasteiger partial charge in [-0.1, -0.05) is 29.8 Å². The first-order valence-corrected chi connectivity index (χ1v) is 6.15. The van der Waals surface area contributed by atoms with Crippen molar-refractivity contribution in [3.8, 4) is 5.75 Å². The highest BCUT2D eigenvalue weighted by atomic mass is 79.9. The summed E-state index contributed by atoms with van der Waals surface area (Å²) in [7, 11) is 0. The number of hydrogen-bond donors (Lipinski definition) is 3. The van der Waals surface area contributed by atoms with E-state index in [0.29, 0.717) is 12.5 Å². The van der Waals surface area contributed by atoms with Gasteiger partial charge in [-0.15, -0.1) is 0 Å². The average Bonchev–Trinajstić information content (AvgIpc) is 2.23. The van der Waals surface area contributed by atoms with E-state index in [2.05, 4.69) is 35.1 Å². The van der Waals surface area contributed by atoms with Crippen molar-refractivity contribution in [2.24, 2.45) is 5.92 Å². The molecule has 0 aliphatic heterocycles. The van der Waals surface area contributed by atoms with Crippen molar-refractivity contribution in [3.05, 3.63) is 28.2 Å². The topological polar surface area (TPSA) is 52.5 Å². The van der Waals surface area contributed by atoms with Crippen molar-refractivity contribution >= 4 is 15.9 Å². The van der Waals surface area contributed by atoms with Gasteiger partial charge in [0.25, 0.3) is 0 Å². The van der Waals surface area contributed by atoms with Crippen LogP contribution in [0.25, 0.3) is 0 Å². The van der Waals surface area contributed by atoms with Crippen LogP contribution in [0.5, 0.6) is 5.75 Å². The monoisotopic (exact) mass is 287 g/mol. The molecule has 1 rings (SSSR count). The number of phenolic OH excluding ortho intramolecular Hbond substituents is 1. The maximum atomic E-state index is 9.64. The molecule has 0 spiro atoms. The summed E-state index contributed by atoms with van der Waals surface area (Å²) < 4.78 is 0.937. The van der Waals surface area contributed by atoms with Crippen molar-refractivity contribution < 1.29 is 10.2 Å². The minimum Gasteiger partial charge on any atom is -0.508 e. The molecule has 16 heavy (non-hydrogen) atoms. The van der Waals surface area contributed by atoms with E-state index < -0.39 is 0 Å². The lowest BCUT2D eigenvalue weighted by Crippen LogP contribution is -2.36. The van der Waals surface area contributed by atoms with Crippen molar-refractivity contribution in [3.63, 3.8) is 0 Å². The molecule has 1 aromatic rings. The molecule has 0 fully saturated rings. The predicted molar refractivity (Wildman–Crippen MR) is 68.4 cm³/mol. The van der Waals surface area contributed by atoms with Gasteiger partial charge in [0.1, 0.15) is 5.75 Å². The summed E-state index contributed by atoms with van der Waals surface area (Å²) in [5, 5.41) is 22.0. The van der Waals surface area contributed by atoms with Crippen molar-refractivity contribution in [2.45, 2.75) is 26.4 Å². The number of nitrogens with one attached hydrogen (secondary N) is 1. The van der Waals surface area contributed by atoms with E-state index in [9.17, 15) is 5.11 Å². The summed E-state index contributed by atoms with van der Waals surface area (Å²) in [6.07, 6.45) is 0. The first-order valence-electron chi connectivity index (χ1n) is 5.36. The van der Waals surface area contributed by atoms with Gasteiger partial charge < -0.3 is 15.5 Å². The lowest BCUT2D eigenvalue weighted by atomic mass is 10.0. The van der Waals surface area contributed by atoms with Gasteiger partial charge in [-0.25, -0.2) is 0 Å². The molecule has 0 heterocycles. The first kappa shape index (κ1) is 13.5. The zero-order valence-electron chi connectivity index (χ0n) is 9.57. The summed E-state index contributed by atoms with van der Waals surface area (Å²) in [6, 6.07) is 5.38. The summed E-state index contributed by atoms with van der Waals surface area (Å²) in [5.41, 5.74) is 0.827. The van der Waals surface area contributed by atoms with Crippen molar-refractivity contribution in [1.82, 2.24) is 5.32 Å². The fourth-order valence-corrected chi connectivity index (χ4v) is 1.86. The lowest BCUT2D eigenvalue weighted by Gasteiger charge is -2.20. The zero-order chi connectivity index (χ0) is 12.1. The molecule has 0 saturated heterocycles. The van der Waals surface area contributed by atoms with E-state index in [0.717, 1.165) is 10.0 Å². The number of aliphatic hydroxyl groups is 1. The van der Waals surface area contributed by atoms with E-state index >= 15 is 0 Å². The lowest BCUT2D eigenvalue weighted by molar-refractivity contribution is 0.209. The number of hydrogen-bond acceptors (Lipinski definition) is 3. The van der Waals surface area contributed by atoms with Gasteiger partial charge in [-0.2, -0.15) is 0 Å². The summed E-state index contributed by atoms with van der Waals surface area (Å²) >= 11 is 3.36. The summed E-state index contributed by atoms with van der Waals surface area (Å²) in [4.78, 5) is 0. The highest BCUT2D eigenvalue weighted by Crippen LogP contribution is 2.21. The Kier molecular flexibility index (Phi) is 5.25. The standard InChI is InChI=1S/C12H18BrNO2/c1-8(2)11(7-15)14-6-9-5-10(13)3-4-12(9)16/h3-5,8,11,14-16H,6-7H2,1-2H3/t11-/m1/s1. The van der Waals surface area contributed by atoms with Gasteiger partial charge in [0.05, 0.1) is 6.61 Å². The second-order valence-corrected chi connectivity index (χ2v) is 5.10. The van der Waals surface area contributed by atoms with E-state index in [-0.39, 0.29) is 18.4 Å². The molecular weight excluding hydrogens is 270 g/mol. The highest BCUT2D eigenvalue weighted by Gasteiger charge is 2.12. The molecule has 1 aromatic carbocycles. The fourth-order valence-electron chi connectivity index (χ4n) is 1.45. The second kappa shape index (κ2) is 6.23. The van der Waals surface area contributed by atoms with Gasteiger partial charge in [-0.05, 0) is 24.1 Å². The third kappa shape index (κ3) is 3.77. The minimum absolute atomic E-state index is 0.0541. The van der Waals surface area contributed by atoms with Gasteiger partial charge >= 0.3 is 0 Å². The molecule has 3 nitrogen and oxygen atoms in total. The third-order valence-corrected chi connectivity index (χ3v) is 3.09. The number of benzene rings is 1. The van der Waals surface area contributed by atoms with E-state index in [4.69, 9.17) is 5.11 Å². The maximum Gasteiger partial charge on any atom is 0.120 e. The quantitative estimate of drug-likeness (QED) is 0.779. The van der Waals surface area contributed by atoms with Crippen LogP contribution in [0.1, 0.15) is 19.4 Å². The van der Waals surface area contributed by atoms with Crippen LogP contribution in [0, 0.1) is 5.92 Å². The second-order valence-electron chi connectivity index (χ2n) is 4.19. The number of phenols is 1. The first-order chi connectivity index (χ1) is 7.54. The van der Waals surface area contributed by atoms with Crippen molar-refractivity contribution in [2.75, 3.05) is 6.61 Å². The van der Waals surface area contributed by atoms with Gasteiger partial charge in [0.15, 0.2) is 0 Å². The number of aromatic hydroxyl groups is 1. The van der Waals surface area contributed by atoms with E-state index in [1.165, 1.54) is 0 Å². The molecule has 0 aliphatic carbocycles. The van der Waals surface area contributed by atoms with Crippen LogP contribution in [0.3, 0.4) is 0 Å². The molecule has 3 N–H and O–H groups in total. The normalized spacial score (nSPS) is 13.1. The Bertz CT molecular complexity index is 342. The smallest absolute Gasteiger partial charge is 0.120 e. The van der Waals surface area contributed by atoms with Gasteiger partial charge in [-0.3, -0.25) is 0 Å². The number of halogens is 1. The Hall–Kier alpha value is -0.580. The number of aliphatic hydroxyl groups excluding tert-OH is 1. The zero-order valence-corrected chi connectivity index (χ0v) is 11.2. The molecule has 0 unspecified atom stereocenters. The molecule has 90 valence electrons. The van der Waals surface area contributed by atoms with Crippen LogP contribution in [-0.2, 0) is 6.54 Å². The Morgan fingerprint density at radius 2 is 2.06 bits per heavy atom. The average molecular weight is 288 g/mol. The fraction of sp³-hybridized carbons (Fsp3) is 0.500. The predicted octanol–water partition coefficient (Wildman–Crippen LogP) is 2.26. The summed E-state index contributed by atoms with van der Waals surface area (Å²) in [5.74, 6) is 0.635. The molecule has 0 radical (unpaired) electrons. The Morgan fingerprint density at radius 1 is 1.38 bits per heavy atom. The SMILES string of the molecule is CC(C)[C@@H](CO)NCc1cc(Br)ccc1O. The van der Waals surface area contributed by atoms with Crippen LogP contribution in [0.15, 0.2) is 22.7 Å². The summed E-state index contributed by atoms with van der Waals surface area (Å²) in [6.45, 7) is 4.75. The van der Waals surface area contributed by atoms with Gasteiger partial charge in [0, 0.05) is 22.6 Å². The van der Waals surface area contributed by atoms with Crippen LogP contribution >= 0.6 is 15.9 Å². The third-order valence-electron chi connectivity index (χ3n) is 2.60. The van der Waals surface area contributed by atoms with E-state index in [1.807, 2.05) is 6.07 Å². The van der Waals surface area contributed by atoms with E-state index in [1.54, 1.807) is 12.1 Å². The van der Waals surface area contributed by atoms with Gasteiger partial charge in [0.2, 0.25) is 0 Å². The minimum atomic E-state index is 0.0541. The maximum absolute atomic E-state index is 9.64. The molecule has 0 aromatic heterocycles. The van der Waals surface area contributed by atoms with Crippen molar-refractivity contribution in [1.29, 1.82) is 0 Å². The molecule has 4 heteroatoms. The molecular formula is C12H18BrNO2. The Morgan fingerprint density at radius 3 is 2.62 bits per heavy atom. The molecule has 0 amide bonds. The largest absolute Gasteiger partial charge is 0.508 e. The molecule has 1 atom stereocenters. The Balaban J connectivity index is 2.63. The van der Waals surface area contributed by atoms with Crippen LogP contribution in [-0.4, -0.2) is 22.9 Å².